The predicted octanol–water partition coefficient (Wildman–Crippen LogP) is 2.98. The van der Waals surface area contributed by atoms with Crippen LogP contribution in [-0.2, 0) is 0 Å². The van der Waals surface area contributed by atoms with Gasteiger partial charge in [-0.3, -0.25) is 4.79 Å². The molecule has 4 nitrogen and oxygen atoms in total. The Morgan fingerprint density at radius 3 is 2.65 bits per heavy atom. The highest BCUT2D eigenvalue weighted by Crippen LogP contribution is 2.22. The molecule has 20 heavy (non-hydrogen) atoms. The number of hydrogen-bond acceptors (Lipinski definition) is 3. The molecular formula is C15H15FN2O2. The molecule has 0 fully saturated rings. The summed E-state index contributed by atoms with van der Waals surface area (Å²) in [6.07, 6.45) is 0. The Morgan fingerprint density at radius 1 is 1.25 bits per heavy atom. The highest BCUT2D eigenvalue weighted by molar-refractivity contribution is 6.05. The summed E-state index contributed by atoms with van der Waals surface area (Å²) < 4.78 is 18.7. The zero-order chi connectivity index (χ0) is 14.7. The van der Waals surface area contributed by atoms with E-state index in [1.165, 1.54) is 18.2 Å². The van der Waals surface area contributed by atoms with Crippen molar-refractivity contribution in [3.8, 4) is 5.75 Å². The van der Waals surface area contributed by atoms with Crippen LogP contribution >= 0.6 is 0 Å². The minimum atomic E-state index is -0.609. The fourth-order valence-electron chi connectivity index (χ4n) is 1.87. The van der Waals surface area contributed by atoms with Gasteiger partial charge in [-0.15, -0.1) is 0 Å². The molecule has 0 aliphatic heterocycles. The number of nitrogen functional groups attached to an aromatic ring is 1. The van der Waals surface area contributed by atoms with Gasteiger partial charge in [0.2, 0.25) is 0 Å². The fraction of sp³-hybridized carbons (Fsp3) is 0.133. The topological polar surface area (TPSA) is 64.3 Å². The lowest BCUT2D eigenvalue weighted by molar-refractivity contribution is 0.102. The van der Waals surface area contributed by atoms with Crippen LogP contribution in [0.4, 0.5) is 15.8 Å². The smallest absolute Gasteiger partial charge is 0.258 e. The lowest BCUT2D eigenvalue weighted by Gasteiger charge is -2.09. The lowest BCUT2D eigenvalue weighted by atomic mass is 10.1. The zero-order valence-corrected chi connectivity index (χ0v) is 11.2. The molecule has 0 spiro atoms. The lowest BCUT2D eigenvalue weighted by Crippen LogP contribution is -2.14. The average molecular weight is 274 g/mol. The molecule has 0 atom stereocenters. The summed E-state index contributed by atoms with van der Waals surface area (Å²) in [5, 5.41) is 2.63. The first-order valence-electron chi connectivity index (χ1n) is 6.02. The minimum Gasteiger partial charge on any atom is -0.496 e. The van der Waals surface area contributed by atoms with E-state index >= 15 is 0 Å². The van der Waals surface area contributed by atoms with Gasteiger partial charge in [0, 0.05) is 11.4 Å². The molecule has 1 amide bonds. The van der Waals surface area contributed by atoms with Gasteiger partial charge in [0.25, 0.3) is 5.91 Å². The SMILES string of the molecule is COc1ccc(NC(=O)c2cc(N)ccc2F)cc1C. The number of ether oxygens (including phenoxy) is 1. The first kappa shape index (κ1) is 13.9. The summed E-state index contributed by atoms with van der Waals surface area (Å²) in [5.74, 6) is -0.431. The Hall–Kier alpha value is -2.56. The number of halogens is 1. The van der Waals surface area contributed by atoms with Crippen LogP contribution in [0.15, 0.2) is 36.4 Å². The second-order valence-electron chi connectivity index (χ2n) is 4.38. The Bertz CT molecular complexity index is 656. The largest absolute Gasteiger partial charge is 0.496 e. The normalized spacial score (nSPS) is 10.2. The van der Waals surface area contributed by atoms with E-state index in [0.717, 1.165) is 11.3 Å². The number of rotatable bonds is 3. The third kappa shape index (κ3) is 2.88. The van der Waals surface area contributed by atoms with Crippen molar-refractivity contribution in [2.24, 2.45) is 0 Å². The Morgan fingerprint density at radius 2 is 2.00 bits per heavy atom. The van der Waals surface area contributed by atoms with Crippen molar-refractivity contribution in [3.63, 3.8) is 0 Å². The second-order valence-corrected chi connectivity index (χ2v) is 4.38. The first-order valence-corrected chi connectivity index (χ1v) is 6.02. The summed E-state index contributed by atoms with van der Waals surface area (Å²) in [6.45, 7) is 1.86. The molecule has 2 rings (SSSR count). The van der Waals surface area contributed by atoms with E-state index in [0.29, 0.717) is 11.4 Å². The van der Waals surface area contributed by atoms with Gasteiger partial charge in [0.05, 0.1) is 12.7 Å². The molecule has 0 bridgehead atoms. The van der Waals surface area contributed by atoms with Crippen molar-refractivity contribution >= 4 is 17.3 Å². The van der Waals surface area contributed by atoms with Gasteiger partial charge in [-0.05, 0) is 48.9 Å². The molecular weight excluding hydrogens is 259 g/mol. The highest BCUT2D eigenvalue weighted by atomic mass is 19.1. The maximum Gasteiger partial charge on any atom is 0.258 e. The van der Waals surface area contributed by atoms with Crippen LogP contribution in [0.3, 0.4) is 0 Å². The summed E-state index contributed by atoms with van der Waals surface area (Å²) in [6, 6.07) is 9.06. The predicted molar refractivity (Wildman–Crippen MR) is 76.5 cm³/mol. The second kappa shape index (κ2) is 5.61. The third-order valence-corrected chi connectivity index (χ3v) is 2.89. The van der Waals surface area contributed by atoms with E-state index in [1.807, 2.05) is 6.92 Å². The van der Waals surface area contributed by atoms with Crippen molar-refractivity contribution < 1.29 is 13.9 Å². The van der Waals surface area contributed by atoms with Crippen molar-refractivity contribution in [2.75, 3.05) is 18.2 Å². The van der Waals surface area contributed by atoms with Crippen LogP contribution in [0.5, 0.6) is 5.75 Å². The Labute approximate surface area is 116 Å². The van der Waals surface area contributed by atoms with E-state index in [1.54, 1.807) is 25.3 Å². The Kier molecular flexibility index (Phi) is 3.89. The summed E-state index contributed by atoms with van der Waals surface area (Å²) in [5.41, 5.74) is 7.25. The monoisotopic (exact) mass is 274 g/mol. The van der Waals surface area contributed by atoms with Gasteiger partial charge in [-0.2, -0.15) is 0 Å². The van der Waals surface area contributed by atoms with E-state index in [-0.39, 0.29) is 5.56 Å². The van der Waals surface area contributed by atoms with Crippen LogP contribution in [-0.4, -0.2) is 13.0 Å². The number of anilines is 2. The molecule has 0 unspecified atom stereocenters. The molecule has 0 aliphatic rings. The molecule has 3 N–H and O–H groups in total. The van der Waals surface area contributed by atoms with Crippen molar-refractivity contribution in [1.82, 2.24) is 0 Å². The van der Waals surface area contributed by atoms with E-state index in [2.05, 4.69) is 5.32 Å². The van der Waals surface area contributed by atoms with E-state index in [4.69, 9.17) is 10.5 Å². The van der Waals surface area contributed by atoms with Crippen LogP contribution in [0.2, 0.25) is 0 Å². The summed E-state index contributed by atoms with van der Waals surface area (Å²) in [4.78, 5) is 12.0. The molecule has 0 aliphatic carbocycles. The quantitative estimate of drug-likeness (QED) is 0.846. The molecule has 2 aromatic rings. The number of carbonyl (C=O) groups excluding carboxylic acids is 1. The number of carbonyl (C=O) groups is 1. The molecule has 5 heteroatoms. The van der Waals surface area contributed by atoms with E-state index in [9.17, 15) is 9.18 Å². The minimum absolute atomic E-state index is 0.0847. The van der Waals surface area contributed by atoms with E-state index < -0.39 is 11.7 Å². The van der Waals surface area contributed by atoms with Gasteiger partial charge in [0.15, 0.2) is 0 Å². The molecule has 104 valence electrons. The van der Waals surface area contributed by atoms with Crippen molar-refractivity contribution in [3.05, 3.63) is 53.3 Å². The number of nitrogens with two attached hydrogens (primary N) is 1. The van der Waals surface area contributed by atoms with Crippen LogP contribution in [0.1, 0.15) is 15.9 Å². The van der Waals surface area contributed by atoms with Crippen LogP contribution in [0, 0.1) is 12.7 Å². The number of nitrogens with one attached hydrogen (secondary N) is 1. The van der Waals surface area contributed by atoms with Gasteiger partial charge < -0.3 is 15.8 Å². The van der Waals surface area contributed by atoms with Gasteiger partial charge in [-0.25, -0.2) is 4.39 Å². The summed E-state index contributed by atoms with van der Waals surface area (Å²) >= 11 is 0. The van der Waals surface area contributed by atoms with Gasteiger partial charge in [-0.1, -0.05) is 0 Å². The van der Waals surface area contributed by atoms with Gasteiger partial charge >= 0.3 is 0 Å². The Balaban J connectivity index is 2.23. The number of aryl methyl sites for hydroxylation is 1. The van der Waals surface area contributed by atoms with Crippen LogP contribution < -0.4 is 15.8 Å². The first-order chi connectivity index (χ1) is 9.51. The fourth-order valence-corrected chi connectivity index (χ4v) is 1.87. The molecule has 0 saturated heterocycles. The molecule has 0 radical (unpaired) electrons. The number of amides is 1. The molecule has 0 saturated carbocycles. The van der Waals surface area contributed by atoms with Gasteiger partial charge in [0.1, 0.15) is 11.6 Å². The van der Waals surface area contributed by atoms with Crippen LogP contribution in [0.25, 0.3) is 0 Å². The molecule has 0 aromatic heterocycles. The number of benzene rings is 2. The summed E-state index contributed by atoms with van der Waals surface area (Å²) in [7, 11) is 1.57. The van der Waals surface area contributed by atoms with Crippen molar-refractivity contribution in [2.45, 2.75) is 6.92 Å². The number of methoxy groups -OCH3 is 1. The molecule has 0 heterocycles. The standard InChI is InChI=1S/C15H15FN2O2/c1-9-7-11(4-6-14(9)20-2)18-15(19)12-8-10(17)3-5-13(12)16/h3-8H,17H2,1-2H3,(H,18,19). The maximum absolute atomic E-state index is 13.6. The maximum atomic E-state index is 13.6. The third-order valence-electron chi connectivity index (χ3n) is 2.89. The zero-order valence-electron chi connectivity index (χ0n) is 11.2. The number of hydrogen-bond donors (Lipinski definition) is 2. The molecule has 2 aromatic carbocycles. The highest BCUT2D eigenvalue weighted by Gasteiger charge is 2.12. The van der Waals surface area contributed by atoms with Crippen molar-refractivity contribution in [1.29, 1.82) is 0 Å². The average Bonchev–Trinajstić information content (AvgIpc) is 2.41.